The molecule has 0 bridgehead atoms. The molecule has 1 N–H and O–H groups in total. The highest BCUT2D eigenvalue weighted by Gasteiger charge is 2.13. The molecule has 2 rings (SSSR count). The van der Waals surface area contributed by atoms with E-state index in [1.807, 2.05) is 6.08 Å². The molecule has 1 aromatic carbocycles. The zero-order valence-corrected chi connectivity index (χ0v) is 12.1. The van der Waals surface area contributed by atoms with Crippen molar-refractivity contribution in [1.29, 1.82) is 0 Å². The van der Waals surface area contributed by atoms with Gasteiger partial charge in [0.1, 0.15) is 0 Å². The van der Waals surface area contributed by atoms with Crippen LogP contribution in [0.15, 0.2) is 42.0 Å². The van der Waals surface area contributed by atoms with Crippen LogP contribution in [0.5, 0.6) is 0 Å². The molecule has 106 valence electrons. The first-order valence-electron chi connectivity index (χ1n) is 7.43. The molecule has 1 aliphatic carbocycles. The first-order chi connectivity index (χ1) is 9.72. The Bertz CT molecular complexity index is 538. The molecule has 0 radical (unpaired) electrons. The van der Waals surface area contributed by atoms with E-state index in [0.717, 1.165) is 32.1 Å². The summed E-state index contributed by atoms with van der Waals surface area (Å²) >= 11 is 0. The third kappa shape index (κ3) is 3.60. The van der Waals surface area contributed by atoms with Crippen LogP contribution < -0.4 is 0 Å². The lowest BCUT2D eigenvalue weighted by atomic mass is 9.87. The van der Waals surface area contributed by atoms with Gasteiger partial charge in [-0.05, 0) is 48.8 Å². The fourth-order valence-electron chi connectivity index (χ4n) is 2.66. The lowest BCUT2D eigenvalue weighted by Gasteiger charge is -2.18. The van der Waals surface area contributed by atoms with E-state index in [9.17, 15) is 9.90 Å². The molecule has 20 heavy (non-hydrogen) atoms. The number of fused-ring (bicyclic) bond motifs is 1. The summed E-state index contributed by atoms with van der Waals surface area (Å²) in [5.74, 6) is -0.792. The molecule has 2 heteroatoms. The van der Waals surface area contributed by atoms with E-state index in [1.165, 1.54) is 16.7 Å². The fraction of sp³-hybridized carbons (Fsp3) is 0.389. The SMILES string of the molecule is CCCC/C(=C/C=C1/CCCc2ccccc21)C(=O)O. The van der Waals surface area contributed by atoms with Gasteiger partial charge < -0.3 is 5.11 Å². The molecule has 0 fully saturated rings. The van der Waals surface area contributed by atoms with E-state index in [4.69, 9.17) is 0 Å². The van der Waals surface area contributed by atoms with E-state index < -0.39 is 5.97 Å². The van der Waals surface area contributed by atoms with Gasteiger partial charge in [-0.3, -0.25) is 0 Å². The Morgan fingerprint density at radius 2 is 2.10 bits per heavy atom. The lowest BCUT2D eigenvalue weighted by molar-refractivity contribution is -0.132. The number of hydrogen-bond donors (Lipinski definition) is 1. The van der Waals surface area contributed by atoms with Crippen molar-refractivity contribution in [1.82, 2.24) is 0 Å². The van der Waals surface area contributed by atoms with Crippen LogP contribution in [-0.4, -0.2) is 11.1 Å². The summed E-state index contributed by atoms with van der Waals surface area (Å²) in [4.78, 5) is 11.2. The van der Waals surface area contributed by atoms with Crippen LogP contribution in [0.25, 0.3) is 5.57 Å². The first-order valence-corrected chi connectivity index (χ1v) is 7.43. The largest absolute Gasteiger partial charge is 0.478 e. The normalized spacial score (nSPS) is 17.1. The highest BCUT2D eigenvalue weighted by Crippen LogP contribution is 2.30. The number of hydrogen-bond acceptors (Lipinski definition) is 1. The Hall–Kier alpha value is -1.83. The van der Waals surface area contributed by atoms with Crippen LogP contribution in [0.4, 0.5) is 0 Å². The summed E-state index contributed by atoms with van der Waals surface area (Å²) in [5, 5.41) is 9.23. The molecule has 1 aromatic rings. The van der Waals surface area contributed by atoms with E-state index in [0.29, 0.717) is 12.0 Å². The van der Waals surface area contributed by atoms with Gasteiger partial charge in [0.15, 0.2) is 0 Å². The number of rotatable bonds is 5. The Morgan fingerprint density at radius 1 is 1.30 bits per heavy atom. The van der Waals surface area contributed by atoms with Gasteiger partial charge in [-0.1, -0.05) is 49.8 Å². The van der Waals surface area contributed by atoms with Crippen molar-refractivity contribution >= 4 is 11.5 Å². The van der Waals surface area contributed by atoms with Gasteiger partial charge in [0.05, 0.1) is 0 Å². The van der Waals surface area contributed by atoms with Crippen molar-refractivity contribution < 1.29 is 9.90 Å². The Balaban J connectivity index is 2.24. The van der Waals surface area contributed by atoms with E-state index >= 15 is 0 Å². The molecule has 0 saturated carbocycles. The summed E-state index contributed by atoms with van der Waals surface area (Å²) in [5.41, 5.74) is 4.45. The molecule has 0 aromatic heterocycles. The molecule has 1 aliphatic rings. The second-order valence-corrected chi connectivity index (χ2v) is 5.30. The average molecular weight is 270 g/mol. The second-order valence-electron chi connectivity index (χ2n) is 5.30. The van der Waals surface area contributed by atoms with Crippen LogP contribution in [0, 0.1) is 0 Å². The summed E-state index contributed by atoms with van der Waals surface area (Å²) < 4.78 is 0. The van der Waals surface area contributed by atoms with Crippen LogP contribution in [0.3, 0.4) is 0 Å². The van der Waals surface area contributed by atoms with Crippen molar-refractivity contribution in [2.45, 2.75) is 45.4 Å². The monoisotopic (exact) mass is 270 g/mol. The summed E-state index contributed by atoms with van der Waals surface area (Å²) in [6.45, 7) is 2.08. The minimum atomic E-state index is -0.792. The Labute approximate surface area is 120 Å². The van der Waals surface area contributed by atoms with Gasteiger partial charge >= 0.3 is 5.97 Å². The van der Waals surface area contributed by atoms with Gasteiger partial charge in [-0.2, -0.15) is 0 Å². The molecular weight excluding hydrogens is 248 g/mol. The van der Waals surface area contributed by atoms with Crippen LogP contribution in [0.1, 0.15) is 50.2 Å². The number of carboxylic acids is 1. The third-order valence-electron chi connectivity index (χ3n) is 3.82. The molecule has 0 unspecified atom stereocenters. The highest BCUT2D eigenvalue weighted by atomic mass is 16.4. The maximum Gasteiger partial charge on any atom is 0.331 e. The molecule has 0 aliphatic heterocycles. The van der Waals surface area contributed by atoms with Gasteiger partial charge in [-0.15, -0.1) is 0 Å². The van der Waals surface area contributed by atoms with Crippen LogP contribution in [-0.2, 0) is 11.2 Å². The smallest absolute Gasteiger partial charge is 0.331 e. The lowest BCUT2D eigenvalue weighted by Crippen LogP contribution is -2.02. The van der Waals surface area contributed by atoms with Crippen molar-refractivity contribution in [3.8, 4) is 0 Å². The minimum absolute atomic E-state index is 0.516. The molecule has 2 nitrogen and oxygen atoms in total. The zero-order chi connectivity index (χ0) is 14.4. The van der Waals surface area contributed by atoms with E-state index in [-0.39, 0.29) is 0 Å². The quantitative estimate of drug-likeness (QED) is 0.793. The van der Waals surface area contributed by atoms with Crippen LogP contribution >= 0.6 is 0 Å². The highest BCUT2D eigenvalue weighted by molar-refractivity contribution is 5.87. The number of carbonyl (C=O) groups is 1. The standard InChI is InChI=1S/C18H22O2/c1-2-3-7-16(18(19)20)13-12-15-10-6-9-14-8-4-5-11-17(14)15/h4-5,8,11-13H,2-3,6-7,9-10H2,1H3,(H,19,20)/b15-12-,16-13-. The Morgan fingerprint density at radius 3 is 2.85 bits per heavy atom. The van der Waals surface area contributed by atoms with Gasteiger partial charge in [0.25, 0.3) is 0 Å². The Kier molecular flexibility index (Phi) is 5.16. The molecule has 0 saturated heterocycles. The topological polar surface area (TPSA) is 37.3 Å². The van der Waals surface area contributed by atoms with Gasteiger partial charge in [-0.25, -0.2) is 4.79 Å². The minimum Gasteiger partial charge on any atom is -0.478 e. The van der Waals surface area contributed by atoms with Gasteiger partial charge in [0, 0.05) is 5.57 Å². The summed E-state index contributed by atoms with van der Waals surface area (Å²) in [7, 11) is 0. The number of aryl methyl sites for hydroxylation is 1. The number of benzene rings is 1. The predicted molar refractivity (Wildman–Crippen MR) is 82.6 cm³/mol. The van der Waals surface area contributed by atoms with Crippen molar-refractivity contribution in [3.63, 3.8) is 0 Å². The van der Waals surface area contributed by atoms with Gasteiger partial charge in [0.2, 0.25) is 0 Å². The second kappa shape index (κ2) is 7.09. The number of allylic oxidation sites excluding steroid dienone is 3. The summed E-state index contributed by atoms with van der Waals surface area (Å²) in [6.07, 6.45) is 9.72. The first kappa shape index (κ1) is 14.6. The molecule has 0 atom stereocenters. The van der Waals surface area contributed by atoms with Crippen molar-refractivity contribution in [2.24, 2.45) is 0 Å². The van der Waals surface area contributed by atoms with Crippen molar-refractivity contribution in [3.05, 3.63) is 53.1 Å². The van der Waals surface area contributed by atoms with E-state index in [2.05, 4.69) is 31.2 Å². The van der Waals surface area contributed by atoms with Crippen LogP contribution in [0.2, 0.25) is 0 Å². The zero-order valence-electron chi connectivity index (χ0n) is 12.1. The molecule has 0 amide bonds. The summed E-state index contributed by atoms with van der Waals surface area (Å²) in [6, 6.07) is 8.43. The fourth-order valence-corrected chi connectivity index (χ4v) is 2.66. The van der Waals surface area contributed by atoms with Crippen molar-refractivity contribution in [2.75, 3.05) is 0 Å². The number of aliphatic carboxylic acids is 1. The molecule has 0 heterocycles. The maximum absolute atomic E-state index is 11.2. The molecule has 0 spiro atoms. The number of unbranched alkanes of at least 4 members (excludes halogenated alkanes) is 1. The number of carboxylic acid groups (broad SMARTS) is 1. The third-order valence-corrected chi connectivity index (χ3v) is 3.82. The van der Waals surface area contributed by atoms with E-state index in [1.54, 1.807) is 6.08 Å². The predicted octanol–water partition coefficient (Wildman–Crippen LogP) is 4.61. The average Bonchev–Trinajstić information content (AvgIpc) is 2.47. The maximum atomic E-state index is 11.2. The molecular formula is C18H22O2.